The average molecular weight is 363 g/mol. The van der Waals surface area contributed by atoms with Crippen molar-refractivity contribution in [1.82, 2.24) is 0 Å². The number of methoxy groups -OCH3 is 1. The molecule has 144 valence electrons. The molecule has 3 rings (SSSR count). The summed E-state index contributed by atoms with van der Waals surface area (Å²) in [6.45, 7) is 2.27. The van der Waals surface area contributed by atoms with Gasteiger partial charge in [-0.1, -0.05) is 45.1 Å². The third-order valence-corrected chi connectivity index (χ3v) is 6.59. The van der Waals surface area contributed by atoms with Crippen molar-refractivity contribution in [3.8, 4) is 5.75 Å². The summed E-state index contributed by atoms with van der Waals surface area (Å²) in [6.07, 6.45) is 14.7. The topological polar surface area (TPSA) is 9.23 Å². The zero-order valence-electron chi connectivity index (χ0n) is 16.2. The Morgan fingerprint density at radius 3 is 2.38 bits per heavy atom. The van der Waals surface area contributed by atoms with E-state index in [2.05, 4.69) is 13.0 Å². The van der Waals surface area contributed by atoms with Gasteiger partial charge in [-0.3, -0.25) is 0 Å². The van der Waals surface area contributed by atoms with Gasteiger partial charge in [0.15, 0.2) is 11.6 Å². The number of hydrogen-bond acceptors (Lipinski definition) is 1. The van der Waals surface area contributed by atoms with Crippen molar-refractivity contribution in [2.24, 2.45) is 17.8 Å². The molecule has 1 atom stereocenters. The van der Waals surface area contributed by atoms with Crippen molar-refractivity contribution in [3.63, 3.8) is 0 Å². The molecule has 1 nitrogen and oxygen atoms in total. The summed E-state index contributed by atoms with van der Waals surface area (Å²) in [5.74, 6) is 0.807. The molecule has 0 aliphatic heterocycles. The van der Waals surface area contributed by atoms with Crippen LogP contribution in [-0.2, 0) is 0 Å². The molecule has 0 radical (unpaired) electrons. The molecule has 1 fully saturated rings. The molecule has 26 heavy (non-hydrogen) atoms. The first kappa shape index (κ1) is 19.4. The first-order chi connectivity index (χ1) is 12.6. The SMILES string of the molecule is CCCCC1CCC(C2CC=C(c3ccc(OC)c(F)c3F)CC2)CC1. The van der Waals surface area contributed by atoms with Crippen molar-refractivity contribution in [3.05, 3.63) is 35.4 Å². The third-order valence-electron chi connectivity index (χ3n) is 6.59. The lowest BCUT2D eigenvalue weighted by atomic mass is 9.70. The van der Waals surface area contributed by atoms with Crippen LogP contribution in [0.25, 0.3) is 5.57 Å². The number of halogens is 2. The molecule has 2 aliphatic rings. The molecule has 0 spiro atoms. The zero-order valence-corrected chi connectivity index (χ0v) is 16.2. The van der Waals surface area contributed by atoms with E-state index in [1.807, 2.05) is 0 Å². The minimum atomic E-state index is -0.876. The van der Waals surface area contributed by atoms with Crippen LogP contribution < -0.4 is 4.74 Å². The second-order valence-corrected chi connectivity index (χ2v) is 8.13. The van der Waals surface area contributed by atoms with E-state index in [0.717, 1.165) is 42.6 Å². The molecule has 0 bridgehead atoms. The molecule has 0 saturated heterocycles. The summed E-state index contributed by atoms with van der Waals surface area (Å²) in [5, 5.41) is 0. The van der Waals surface area contributed by atoms with E-state index in [4.69, 9.17) is 4.74 Å². The predicted molar refractivity (Wildman–Crippen MR) is 103 cm³/mol. The van der Waals surface area contributed by atoms with E-state index in [9.17, 15) is 8.78 Å². The standard InChI is InChI=1S/C23H32F2O/c1-3-4-5-16-6-8-17(9-7-16)18-10-12-19(13-11-18)20-14-15-21(26-2)23(25)22(20)24/h12,14-18H,3-11,13H2,1-2H3. The van der Waals surface area contributed by atoms with Crippen LogP contribution in [0.3, 0.4) is 0 Å². The lowest BCUT2D eigenvalue weighted by molar-refractivity contribution is 0.188. The van der Waals surface area contributed by atoms with Gasteiger partial charge in [0.2, 0.25) is 5.82 Å². The Labute approximate surface area is 156 Å². The lowest BCUT2D eigenvalue weighted by Gasteiger charge is -2.35. The van der Waals surface area contributed by atoms with Crippen molar-refractivity contribution in [2.75, 3.05) is 7.11 Å². The zero-order chi connectivity index (χ0) is 18.5. The van der Waals surface area contributed by atoms with E-state index >= 15 is 0 Å². The van der Waals surface area contributed by atoms with Gasteiger partial charge in [0.25, 0.3) is 0 Å². The number of rotatable bonds is 6. The molecule has 0 amide bonds. The number of hydrogen-bond donors (Lipinski definition) is 0. The van der Waals surface area contributed by atoms with Crippen molar-refractivity contribution in [2.45, 2.75) is 71.1 Å². The van der Waals surface area contributed by atoms with Gasteiger partial charge < -0.3 is 4.74 Å². The highest BCUT2D eigenvalue weighted by atomic mass is 19.2. The van der Waals surface area contributed by atoms with Crippen LogP contribution in [0.1, 0.15) is 76.7 Å². The first-order valence-corrected chi connectivity index (χ1v) is 10.3. The maximum atomic E-state index is 14.3. The van der Waals surface area contributed by atoms with Crippen LogP contribution in [0, 0.1) is 29.4 Å². The molecule has 1 aromatic rings. The van der Waals surface area contributed by atoms with Gasteiger partial charge in [-0.15, -0.1) is 0 Å². The first-order valence-electron chi connectivity index (χ1n) is 10.3. The molecule has 3 heteroatoms. The van der Waals surface area contributed by atoms with Gasteiger partial charge in [0, 0.05) is 5.56 Å². The summed E-state index contributed by atoms with van der Waals surface area (Å²) >= 11 is 0. The summed E-state index contributed by atoms with van der Waals surface area (Å²) in [7, 11) is 1.36. The molecule has 1 unspecified atom stereocenters. The van der Waals surface area contributed by atoms with Gasteiger partial charge in [-0.25, -0.2) is 4.39 Å². The summed E-state index contributed by atoms with van der Waals surface area (Å²) in [6, 6.07) is 3.18. The molecule has 1 saturated carbocycles. The lowest BCUT2D eigenvalue weighted by Crippen LogP contribution is -2.23. The smallest absolute Gasteiger partial charge is 0.201 e. The van der Waals surface area contributed by atoms with Crippen molar-refractivity contribution >= 4 is 5.57 Å². The molecule has 0 aromatic heterocycles. The Kier molecular flexibility index (Phi) is 6.72. The van der Waals surface area contributed by atoms with E-state index in [-0.39, 0.29) is 5.75 Å². The Hall–Kier alpha value is -1.38. The molecular formula is C23H32F2O. The second-order valence-electron chi connectivity index (χ2n) is 8.13. The maximum Gasteiger partial charge on any atom is 0.201 e. The van der Waals surface area contributed by atoms with Crippen LogP contribution in [0.4, 0.5) is 8.78 Å². The second kappa shape index (κ2) is 9.01. The van der Waals surface area contributed by atoms with E-state index < -0.39 is 11.6 Å². The Balaban J connectivity index is 1.58. The highest BCUT2D eigenvalue weighted by Crippen LogP contribution is 2.42. The summed E-state index contributed by atoms with van der Waals surface area (Å²) in [5.41, 5.74) is 1.36. The largest absolute Gasteiger partial charge is 0.494 e. The van der Waals surface area contributed by atoms with Crippen molar-refractivity contribution in [1.29, 1.82) is 0 Å². The summed E-state index contributed by atoms with van der Waals surface area (Å²) < 4.78 is 33.2. The van der Waals surface area contributed by atoms with Crippen LogP contribution >= 0.6 is 0 Å². The van der Waals surface area contributed by atoms with Gasteiger partial charge in [0.05, 0.1) is 7.11 Å². The highest BCUT2D eigenvalue weighted by molar-refractivity contribution is 5.67. The minimum absolute atomic E-state index is 0.0274. The van der Waals surface area contributed by atoms with Gasteiger partial charge in [-0.2, -0.15) is 4.39 Å². The molecular weight excluding hydrogens is 330 g/mol. The molecule has 1 aromatic carbocycles. The van der Waals surface area contributed by atoms with Gasteiger partial charge >= 0.3 is 0 Å². The predicted octanol–water partition coefficient (Wildman–Crippen LogP) is 7.15. The number of ether oxygens (including phenoxy) is 1. The number of allylic oxidation sites excluding steroid dienone is 2. The number of benzene rings is 1. The van der Waals surface area contributed by atoms with Crippen molar-refractivity contribution < 1.29 is 13.5 Å². The molecule has 0 heterocycles. The van der Waals surface area contributed by atoms with Crippen LogP contribution in [0.15, 0.2) is 18.2 Å². The van der Waals surface area contributed by atoms with Gasteiger partial charge in [0.1, 0.15) is 0 Å². The van der Waals surface area contributed by atoms with E-state index in [0.29, 0.717) is 5.56 Å². The Bertz CT molecular complexity index is 629. The quantitative estimate of drug-likeness (QED) is 0.522. The molecule has 0 N–H and O–H groups in total. The Morgan fingerprint density at radius 2 is 1.77 bits per heavy atom. The normalized spacial score (nSPS) is 26.5. The molecule has 2 aliphatic carbocycles. The van der Waals surface area contributed by atoms with Crippen LogP contribution in [0.2, 0.25) is 0 Å². The number of unbranched alkanes of at least 4 members (excludes halogenated alkanes) is 1. The fourth-order valence-electron chi connectivity index (χ4n) is 4.91. The minimum Gasteiger partial charge on any atom is -0.494 e. The Morgan fingerprint density at radius 1 is 1.00 bits per heavy atom. The third kappa shape index (κ3) is 4.29. The van der Waals surface area contributed by atoms with Crippen LogP contribution in [-0.4, -0.2) is 7.11 Å². The maximum absolute atomic E-state index is 14.3. The summed E-state index contributed by atoms with van der Waals surface area (Å²) in [4.78, 5) is 0. The highest BCUT2D eigenvalue weighted by Gasteiger charge is 2.29. The monoisotopic (exact) mass is 362 g/mol. The van der Waals surface area contributed by atoms with Crippen LogP contribution in [0.5, 0.6) is 5.75 Å². The fourth-order valence-corrected chi connectivity index (χ4v) is 4.91. The van der Waals surface area contributed by atoms with E-state index in [1.54, 1.807) is 6.07 Å². The van der Waals surface area contributed by atoms with E-state index in [1.165, 1.54) is 58.1 Å². The average Bonchev–Trinajstić information content (AvgIpc) is 2.69. The fraction of sp³-hybridized carbons (Fsp3) is 0.652. The van der Waals surface area contributed by atoms with Gasteiger partial charge in [-0.05, 0) is 67.6 Å².